The summed E-state index contributed by atoms with van der Waals surface area (Å²) in [5.41, 5.74) is 6.84. The van der Waals surface area contributed by atoms with Crippen molar-refractivity contribution in [3.05, 3.63) is 47.3 Å². The molecule has 0 fully saturated rings. The summed E-state index contributed by atoms with van der Waals surface area (Å²) in [7, 11) is 0. The lowest BCUT2D eigenvalue weighted by atomic mass is 10.0. The van der Waals surface area contributed by atoms with Gasteiger partial charge in [0, 0.05) is 28.9 Å². The van der Waals surface area contributed by atoms with Crippen LogP contribution in [-0.2, 0) is 6.42 Å². The van der Waals surface area contributed by atoms with Gasteiger partial charge >= 0.3 is 0 Å². The minimum absolute atomic E-state index is 0.339. The number of hydrogen-bond donors (Lipinski definition) is 1. The highest BCUT2D eigenvalue weighted by molar-refractivity contribution is 6.30. The lowest BCUT2D eigenvalue weighted by Gasteiger charge is -2.19. The van der Waals surface area contributed by atoms with E-state index in [-0.39, 0.29) is 11.4 Å². The molecular formula is C13H15ClFN3. The third-order valence-corrected chi connectivity index (χ3v) is 2.75. The lowest BCUT2D eigenvalue weighted by Crippen LogP contribution is -2.35. The average Bonchev–Trinajstić information content (AvgIpc) is 2.67. The van der Waals surface area contributed by atoms with Crippen LogP contribution < -0.4 is 5.73 Å². The molecule has 1 aromatic carbocycles. The van der Waals surface area contributed by atoms with Gasteiger partial charge in [-0.05, 0) is 32.0 Å². The second-order valence-electron chi connectivity index (χ2n) is 5.02. The maximum absolute atomic E-state index is 13.8. The van der Waals surface area contributed by atoms with Crippen molar-refractivity contribution in [2.75, 3.05) is 0 Å². The molecule has 2 N–H and O–H groups in total. The first kappa shape index (κ1) is 13.1. The third kappa shape index (κ3) is 2.89. The van der Waals surface area contributed by atoms with Crippen LogP contribution in [0.15, 0.2) is 30.7 Å². The molecule has 3 nitrogen and oxygen atoms in total. The van der Waals surface area contributed by atoms with E-state index in [0.717, 1.165) is 5.69 Å². The predicted octanol–water partition coefficient (Wildman–Crippen LogP) is 2.94. The number of hydrogen-bond acceptors (Lipinski definition) is 2. The number of aromatic nitrogens is 2. The van der Waals surface area contributed by atoms with Crippen LogP contribution in [-0.4, -0.2) is 15.1 Å². The zero-order valence-corrected chi connectivity index (χ0v) is 11.1. The van der Waals surface area contributed by atoms with Gasteiger partial charge in [0.05, 0.1) is 12.0 Å². The highest BCUT2D eigenvalue weighted by atomic mass is 35.5. The van der Waals surface area contributed by atoms with Crippen LogP contribution >= 0.6 is 11.6 Å². The van der Waals surface area contributed by atoms with Crippen LogP contribution in [0.25, 0.3) is 5.69 Å². The fourth-order valence-corrected chi connectivity index (χ4v) is 1.97. The van der Waals surface area contributed by atoms with Gasteiger partial charge in [-0.25, -0.2) is 9.37 Å². The van der Waals surface area contributed by atoms with Crippen LogP contribution in [0.2, 0.25) is 5.02 Å². The van der Waals surface area contributed by atoms with E-state index in [2.05, 4.69) is 4.98 Å². The van der Waals surface area contributed by atoms with Gasteiger partial charge < -0.3 is 10.3 Å². The second-order valence-corrected chi connectivity index (χ2v) is 5.45. The van der Waals surface area contributed by atoms with Crippen LogP contribution in [0.3, 0.4) is 0 Å². The molecule has 1 aromatic heterocycles. The van der Waals surface area contributed by atoms with Crippen molar-refractivity contribution in [2.24, 2.45) is 5.73 Å². The molecule has 0 radical (unpaired) electrons. The minimum Gasteiger partial charge on any atom is -0.325 e. The SMILES string of the molecule is CC(C)(N)Cc1cncn1-c1cc(Cl)ccc1F. The maximum Gasteiger partial charge on any atom is 0.147 e. The molecular weight excluding hydrogens is 253 g/mol. The molecule has 0 aliphatic carbocycles. The highest BCUT2D eigenvalue weighted by Gasteiger charge is 2.17. The molecule has 0 saturated carbocycles. The van der Waals surface area contributed by atoms with E-state index < -0.39 is 0 Å². The van der Waals surface area contributed by atoms with Gasteiger partial charge in [-0.1, -0.05) is 11.6 Å². The summed E-state index contributed by atoms with van der Waals surface area (Å²) in [5, 5.41) is 0.484. The maximum atomic E-state index is 13.8. The summed E-state index contributed by atoms with van der Waals surface area (Å²) in [5.74, 6) is -0.339. The Labute approximate surface area is 110 Å². The molecule has 0 spiro atoms. The molecule has 1 heterocycles. The Morgan fingerprint density at radius 3 is 2.83 bits per heavy atom. The summed E-state index contributed by atoms with van der Waals surface area (Å²) in [6, 6.07) is 4.44. The number of nitrogens with zero attached hydrogens (tertiary/aromatic N) is 2. The van der Waals surface area contributed by atoms with E-state index in [1.807, 2.05) is 13.8 Å². The van der Waals surface area contributed by atoms with Gasteiger partial charge in [-0.2, -0.15) is 0 Å². The van der Waals surface area contributed by atoms with Crippen molar-refractivity contribution in [2.45, 2.75) is 25.8 Å². The summed E-state index contributed by atoms with van der Waals surface area (Å²) >= 11 is 5.89. The normalized spacial score (nSPS) is 11.8. The standard InChI is InChI=1S/C13H15ClFN3/c1-13(2,16)6-10-7-17-8-18(10)12-5-9(14)3-4-11(12)15/h3-5,7-8H,6,16H2,1-2H3. The molecule has 0 amide bonds. The Bertz CT molecular complexity index is 558. The largest absolute Gasteiger partial charge is 0.325 e. The van der Waals surface area contributed by atoms with E-state index in [9.17, 15) is 4.39 Å². The zero-order chi connectivity index (χ0) is 13.3. The van der Waals surface area contributed by atoms with Gasteiger partial charge in [0.15, 0.2) is 0 Å². The van der Waals surface area contributed by atoms with Crippen molar-refractivity contribution < 1.29 is 4.39 Å². The van der Waals surface area contributed by atoms with E-state index in [1.54, 1.807) is 23.2 Å². The first-order valence-electron chi connectivity index (χ1n) is 5.62. The van der Waals surface area contributed by atoms with Gasteiger partial charge in [-0.3, -0.25) is 0 Å². The fraction of sp³-hybridized carbons (Fsp3) is 0.308. The Balaban J connectivity index is 2.45. The molecule has 5 heteroatoms. The number of halogens is 2. The summed E-state index contributed by atoms with van der Waals surface area (Å²) in [6.45, 7) is 3.83. The van der Waals surface area contributed by atoms with Gasteiger partial charge in [0.1, 0.15) is 5.82 Å². The number of benzene rings is 1. The lowest BCUT2D eigenvalue weighted by molar-refractivity contribution is 0.504. The first-order chi connectivity index (χ1) is 8.37. The van der Waals surface area contributed by atoms with Crippen LogP contribution in [0.5, 0.6) is 0 Å². The third-order valence-electron chi connectivity index (χ3n) is 2.52. The second kappa shape index (κ2) is 4.71. The first-order valence-corrected chi connectivity index (χ1v) is 6.00. The quantitative estimate of drug-likeness (QED) is 0.929. The van der Waals surface area contributed by atoms with E-state index >= 15 is 0 Å². The molecule has 0 atom stereocenters. The van der Waals surface area contributed by atoms with Crippen LogP contribution in [0.4, 0.5) is 4.39 Å². The van der Waals surface area contributed by atoms with Crippen molar-refractivity contribution in [3.63, 3.8) is 0 Å². The Kier molecular flexibility index (Phi) is 3.41. The summed E-state index contributed by atoms with van der Waals surface area (Å²) in [6.07, 6.45) is 3.85. The monoisotopic (exact) mass is 267 g/mol. The average molecular weight is 268 g/mol. The molecule has 96 valence electrons. The minimum atomic E-state index is -0.382. The molecule has 2 rings (SSSR count). The summed E-state index contributed by atoms with van der Waals surface area (Å²) in [4.78, 5) is 4.05. The van der Waals surface area contributed by atoms with Crippen molar-refractivity contribution in [1.29, 1.82) is 0 Å². The topological polar surface area (TPSA) is 43.8 Å². The van der Waals surface area contributed by atoms with Crippen molar-refractivity contribution in [3.8, 4) is 5.69 Å². The summed E-state index contributed by atoms with van der Waals surface area (Å²) < 4.78 is 15.5. The van der Waals surface area contributed by atoms with Crippen molar-refractivity contribution in [1.82, 2.24) is 9.55 Å². The molecule has 0 saturated heterocycles. The molecule has 0 bridgehead atoms. The number of imidazole rings is 1. The van der Waals surface area contributed by atoms with Crippen LogP contribution in [0.1, 0.15) is 19.5 Å². The highest BCUT2D eigenvalue weighted by Crippen LogP contribution is 2.21. The van der Waals surface area contributed by atoms with E-state index in [4.69, 9.17) is 17.3 Å². The number of nitrogens with two attached hydrogens (primary N) is 1. The Hall–Kier alpha value is -1.39. The van der Waals surface area contributed by atoms with E-state index in [1.165, 1.54) is 12.1 Å². The smallest absolute Gasteiger partial charge is 0.147 e. The Morgan fingerprint density at radius 1 is 1.44 bits per heavy atom. The molecule has 0 unspecified atom stereocenters. The van der Waals surface area contributed by atoms with E-state index in [0.29, 0.717) is 17.1 Å². The number of rotatable bonds is 3. The predicted molar refractivity (Wildman–Crippen MR) is 70.5 cm³/mol. The van der Waals surface area contributed by atoms with Crippen LogP contribution in [0, 0.1) is 5.82 Å². The molecule has 0 aliphatic heterocycles. The fourth-order valence-electron chi connectivity index (χ4n) is 1.81. The Morgan fingerprint density at radius 2 is 2.17 bits per heavy atom. The van der Waals surface area contributed by atoms with Crippen molar-refractivity contribution >= 4 is 11.6 Å². The molecule has 2 aromatic rings. The molecule has 0 aliphatic rings. The van der Waals surface area contributed by atoms with Gasteiger partial charge in [0.25, 0.3) is 0 Å². The molecule has 18 heavy (non-hydrogen) atoms. The van der Waals surface area contributed by atoms with Gasteiger partial charge in [0.2, 0.25) is 0 Å². The zero-order valence-electron chi connectivity index (χ0n) is 10.3. The van der Waals surface area contributed by atoms with Gasteiger partial charge in [-0.15, -0.1) is 0 Å².